The number of alkyl halides is 3. The molecule has 1 atom stereocenters. The van der Waals surface area contributed by atoms with Crippen LogP contribution in [0.15, 0.2) is 22.7 Å². The highest BCUT2D eigenvalue weighted by Gasteiger charge is 2.41. The van der Waals surface area contributed by atoms with Gasteiger partial charge in [-0.05, 0) is 56.3 Å². The summed E-state index contributed by atoms with van der Waals surface area (Å²) in [7, 11) is 0. The third-order valence-corrected chi connectivity index (χ3v) is 5.60. The largest absolute Gasteiger partial charge is 0.393 e. The van der Waals surface area contributed by atoms with E-state index in [1.807, 2.05) is 11.0 Å². The number of hydrogen-bond donors (Lipinski definition) is 0. The van der Waals surface area contributed by atoms with Gasteiger partial charge in [0.15, 0.2) is 0 Å². The van der Waals surface area contributed by atoms with E-state index < -0.39 is 12.1 Å². The Morgan fingerprint density at radius 1 is 1.04 bits per heavy atom. The van der Waals surface area contributed by atoms with Crippen molar-refractivity contribution in [3.05, 3.63) is 28.2 Å². The fraction of sp³-hybridized carbons (Fsp3) is 0.667. The van der Waals surface area contributed by atoms with Gasteiger partial charge in [-0.15, -0.1) is 0 Å². The highest BCUT2D eigenvalue weighted by Crippen LogP contribution is 2.35. The molecule has 2 fully saturated rings. The summed E-state index contributed by atoms with van der Waals surface area (Å²) >= 11 is 3.53. The van der Waals surface area contributed by atoms with Crippen LogP contribution in [0.4, 0.5) is 18.9 Å². The number of hydrogen-bond acceptors (Lipinski definition) is 2. The van der Waals surface area contributed by atoms with Crippen LogP contribution in [0.25, 0.3) is 0 Å². The van der Waals surface area contributed by atoms with Crippen molar-refractivity contribution in [3.63, 3.8) is 0 Å². The van der Waals surface area contributed by atoms with Gasteiger partial charge in [-0.25, -0.2) is 0 Å². The predicted octanol–water partition coefficient (Wildman–Crippen LogP) is 5.21. The van der Waals surface area contributed by atoms with Crippen LogP contribution >= 0.6 is 15.9 Å². The molecule has 0 aromatic heterocycles. The van der Waals surface area contributed by atoms with Gasteiger partial charge in [0.1, 0.15) is 0 Å². The molecule has 0 amide bonds. The maximum Gasteiger partial charge on any atom is 0.393 e. The normalized spacial score (nSPS) is 23.5. The molecule has 0 N–H and O–H groups in total. The van der Waals surface area contributed by atoms with Gasteiger partial charge in [0.2, 0.25) is 0 Å². The van der Waals surface area contributed by atoms with Crippen LogP contribution in [0, 0.1) is 5.92 Å². The lowest BCUT2D eigenvalue weighted by Gasteiger charge is -2.36. The molecule has 2 saturated heterocycles. The van der Waals surface area contributed by atoms with Crippen LogP contribution in [-0.4, -0.2) is 37.3 Å². The molecule has 134 valence electrons. The zero-order chi connectivity index (χ0) is 17.2. The third kappa shape index (κ3) is 4.45. The van der Waals surface area contributed by atoms with Crippen LogP contribution < -0.4 is 4.90 Å². The van der Waals surface area contributed by atoms with Crippen molar-refractivity contribution in [1.29, 1.82) is 0 Å². The second-order valence-electron chi connectivity index (χ2n) is 6.94. The second kappa shape index (κ2) is 7.65. The lowest BCUT2D eigenvalue weighted by Crippen LogP contribution is -2.41. The summed E-state index contributed by atoms with van der Waals surface area (Å²) in [5.41, 5.74) is 2.32. The molecule has 2 aliphatic heterocycles. The van der Waals surface area contributed by atoms with Gasteiger partial charge in [-0.2, -0.15) is 13.2 Å². The Balaban J connectivity index is 1.74. The summed E-state index contributed by atoms with van der Waals surface area (Å²) < 4.78 is 40.1. The van der Waals surface area contributed by atoms with Crippen molar-refractivity contribution >= 4 is 21.6 Å². The first-order chi connectivity index (χ1) is 11.4. The van der Waals surface area contributed by atoms with Crippen molar-refractivity contribution < 1.29 is 13.2 Å². The molecule has 6 heteroatoms. The number of anilines is 1. The fourth-order valence-corrected chi connectivity index (χ4v) is 4.16. The van der Waals surface area contributed by atoms with Crippen molar-refractivity contribution in [2.45, 2.75) is 44.8 Å². The SMILES string of the molecule is FC(F)(F)C1CCCN(Cc2ccc(Br)cc2N2CCCCC2)C1. The lowest BCUT2D eigenvalue weighted by molar-refractivity contribution is -0.187. The molecule has 1 unspecified atom stereocenters. The first-order valence-electron chi connectivity index (χ1n) is 8.76. The molecule has 0 spiro atoms. The van der Waals surface area contributed by atoms with E-state index in [0.29, 0.717) is 13.0 Å². The van der Waals surface area contributed by atoms with Crippen molar-refractivity contribution in [2.24, 2.45) is 5.92 Å². The van der Waals surface area contributed by atoms with Crippen molar-refractivity contribution in [2.75, 3.05) is 31.1 Å². The monoisotopic (exact) mass is 404 g/mol. The van der Waals surface area contributed by atoms with E-state index in [4.69, 9.17) is 0 Å². The van der Waals surface area contributed by atoms with Gasteiger partial charge < -0.3 is 4.90 Å². The standard InChI is InChI=1S/C18H24BrF3N2/c19-16-7-6-14(17(11-16)24-9-2-1-3-10-24)12-23-8-4-5-15(13-23)18(20,21)22/h6-7,11,15H,1-5,8-10,12-13H2. The highest BCUT2D eigenvalue weighted by molar-refractivity contribution is 9.10. The summed E-state index contributed by atoms with van der Waals surface area (Å²) in [6.07, 6.45) is 0.448. The molecule has 0 bridgehead atoms. The maximum atomic E-state index is 13.0. The van der Waals surface area contributed by atoms with E-state index in [-0.39, 0.29) is 13.0 Å². The minimum Gasteiger partial charge on any atom is -0.371 e. The fourth-order valence-electron chi connectivity index (χ4n) is 3.81. The number of rotatable bonds is 3. The molecule has 24 heavy (non-hydrogen) atoms. The van der Waals surface area contributed by atoms with Crippen LogP contribution in [0.1, 0.15) is 37.7 Å². The molecule has 2 nitrogen and oxygen atoms in total. The van der Waals surface area contributed by atoms with E-state index in [2.05, 4.69) is 33.0 Å². The number of likely N-dealkylation sites (tertiary alicyclic amines) is 1. The molecule has 0 aliphatic carbocycles. The van der Waals surface area contributed by atoms with Gasteiger partial charge in [-0.1, -0.05) is 22.0 Å². The Kier molecular flexibility index (Phi) is 5.75. The van der Waals surface area contributed by atoms with E-state index >= 15 is 0 Å². The van der Waals surface area contributed by atoms with Gasteiger partial charge in [-0.3, -0.25) is 4.90 Å². The van der Waals surface area contributed by atoms with Gasteiger partial charge in [0.05, 0.1) is 5.92 Å². The van der Waals surface area contributed by atoms with Crippen molar-refractivity contribution in [1.82, 2.24) is 4.90 Å². The van der Waals surface area contributed by atoms with Crippen molar-refractivity contribution in [3.8, 4) is 0 Å². The molecular weight excluding hydrogens is 381 g/mol. The average molecular weight is 405 g/mol. The minimum absolute atomic E-state index is 0.124. The van der Waals surface area contributed by atoms with Gasteiger partial charge in [0.25, 0.3) is 0 Å². The van der Waals surface area contributed by atoms with Gasteiger partial charge in [0, 0.05) is 36.3 Å². The van der Waals surface area contributed by atoms with Crippen LogP contribution in [0.3, 0.4) is 0 Å². The number of nitrogens with zero attached hydrogens (tertiary/aromatic N) is 2. The molecule has 2 aliphatic rings. The zero-order valence-electron chi connectivity index (χ0n) is 13.8. The molecular formula is C18H24BrF3N2. The summed E-state index contributed by atoms with van der Waals surface area (Å²) in [4.78, 5) is 4.35. The summed E-state index contributed by atoms with van der Waals surface area (Å²) in [5.74, 6) is -1.18. The molecule has 3 rings (SSSR count). The molecule has 2 heterocycles. The molecule has 0 radical (unpaired) electrons. The van der Waals surface area contributed by atoms with E-state index in [0.717, 1.165) is 29.7 Å². The molecule has 1 aromatic rings. The van der Waals surface area contributed by atoms with Gasteiger partial charge >= 0.3 is 6.18 Å². The van der Waals surface area contributed by atoms with E-state index in [1.54, 1.807) is 0 Å². The van der Waals surface area contributed by atoms with E-state index in [1.165, 1.54) is 24.9 Å². The topological polar surface area (TPSA) is 6.48 Å². The first kappa shape index (κ1) is 18.1. The Morgan fingerprint density at radius 3 is 2.50 bits per heavy atom. The number of halogens is 4. The summed E-state index contributed by atoms with van der Waals surface area (Å²) in [6.45, 7) is 3.55. The Bertz CT molecular complexity index is 556. The first-order valence-corrected chi connectivity index (χ1v) is 9.55. The summed E-state index contributed by atoms with van der Waals surface area (Å²) in [6, 6.07) is 6.17. The van der Waals surface area contributed by atoms with Crippen LogP contribution in [0.2, 0.25) is 0 Å². The minimum atomic E-state index is -4.08. The second-order valence-corrected chi connectivity index (χ2v) is 7.85. The highest BCUT2D eigenvalue weighted by atomic mass is 79.9. The predicted molar refractivity (Wildman–Crippen MR) is 94.3 cm³/mol. The number of piperidine rings is 2. The third-order valence-electron chi connectivity index (χ3n) is 5.11. The van der Waals surface area contributed by atoms with E-state index in [9.17, 15) is 13.2 Å². The zero-order valence-corrected chi connectivity index (χ0v) is 15.4. The Morgan fingerprint density at radius 2 is 1.79 bits per heavy atom. The Labute approximate surface area is 150 Å². The molecule has 1 aromatic carbocycles. The smallest absolute Gasteiger partial charge is 0.371 e. The Hall–Kier alpha value is -0.750. The quantitative estimate of drug-likeness (QED) is 0.681. The maximum absolute atomic E-state index is 13.0. The summed E-state index contributed by atoms with van der Waals surface area (Å²) in [5, 5.41) is 0. The molecule has 0 saturated carbocycles. The van der Waals surface area contributed by atoms with Crippen LogP contribution in [-0.2, 0) is 6.54 Å². The average Bonchev–Trinajstić information content (AvgIpc) is 2.57. The van der Waals surface area contributed by atoms with Crippen LogP contribution in [0.5, 0.6) is 0 Å². The number of benzene rings is 1. The lowest BCUT2D eigenvalue weighted by atomic mass is 9.97.